The third-order valence-electron chi connectivity index (χ3n) is 11.1. The van der Waals surface area contributed by atoms with Gasteiger partial charge >= 0.3 is 0 Å². The summed E-state index contributed by atoms with van der Waals surface area (Å²) < 4.78 is 116. The quantitative estimate of drug-likeness (QED) is 0.148. The van der Waals surface area contributed by atoms with Gasteiger partial charge in [-0.3, -0.25) is 0 Å². The summed E-state index contributed by atoms with van der Waals surface area (Å²) >= 11 is 0. The van der Waals surface area contributed by atoms with E-state index in [1.54, 1.807) is 36.4 Å². The van der Waals surface area contributed by atoms with Crippen LogP contribution in [0, 0.1) is 0 Å². The largest absolute Gasteiger partial charge is 0.311 e. The summed E-state index contributed by atoms with van der Waals surface area (Å²) in [5, 5.41) is 5.22. The van der Waals surface area contributed by atoms with Crippen molar-refractivity contribution in [2.24, 2.45) is 0 Å². The minimum Gasteiger partial charge on any atom is -0.311 e. The molecule has 61 heavy (non-hydrogen) atoms. The minimum absolute atomic E-state index is 0.0444. The predicted octanol–water partition coefficient (Wildman–Crippen LogP) is 17.0. The van der Waals surface area contributed by atoms with Crippen LogP contribution in [0.3, 0.4) is 0 Å². The third kappa shape index (κ3) is 6.83. The van der Waals surface area contributed by atoms with E-state index in [0.29, 0.717) is 27.6 Å². The maximum atomic E-state index is 9.81. The number of hydrogen-bond acceptors (Lipinski definition) is 1. The molecule has 0 saturated heterocycles. The number of anilines is 3. The van der Waals surface area contributed by atoms with E-state index in [0.717, 1.165) is 48.5 Å². The molecule has 0 amide bonds. The normalized spacial score (nSPS) is 14.0. The van der Waals surface area contributed by atoms with Crippen molar-refractivity contribution < 1.29 is 16.4 Å². The summed E-state index contributed by atoms with van der Waals surface area (Å²) in [5.41, 5.74) is 2.48. The number of benzene rings is 11. The summed E-state index contributed by atoms with van der Waals surface area (Å²) in [6, 6.07) is 47.2. The predicted molar refractivity (Wildman–Crippen MR) is 261 cm³/mol. The Morgan fingerprint density at radius 1 is 0.246 bits per heavy atom. The van der Waals surface area contributed by atoms with Crippen LogP contribution in [0.25, 0.3) is 88.0 Å². The van der Waals surface area contributed by atoms with Gasteiger partial charge in [0.25, 0.3) is 0 Å². The van der Waals surface area contributed by atoms with Crippen molar-refractivity contribution in [3.8, 4) is 55.6 Å². The molecule has 0 saturated carbocycles. The Bertz CT molecular complexity index is 3970. The van der Waals surface area contributed by atoms with Crippen molar-refractivity contribution in [3.63, 3.8) is 0 Å². The Morgan fingerprint density at radius 3 is 1.21 bits per heavy atom. The van der Waals surface area contributed by atoms with Crippen LogP contribution in [0.1, 0.15) is 16.4 Å². The molecule has 0 unspecified atom stereocenters. The standard InChI is InChI=1S/C60H41N/c1-2-15-50(16-3-1)60-58-21-9-6-14-46(58)34-41-59(60)49-32-39-53(40-33-49)61(52-37-30-48(31-38-52)57-23-11-18-45-13-5-8-20-55(45)57)51-35-28-43(29-36-51)42-24-26-47(27-25-42)56-22-10-17-44-12-4-7-19-54(44)56/h1-41H/i28D,29D,30D,31D,32D,33D,35D,36D,37D,38D,39D,40D. The highest BCUT2D eigenvalue weighted by molar-refractivity contribution is 6.04. The molecule has 0 atom stereocenters. The first kappa shape index (κ1) is 25.5. The average Bonchev–Trinajstić information content (AvgIpc) is 3.42. The molecule has 0 bridgehead atoms. The zero-order valence-corrected chi connectivity index (χ0v) is 32.7. The van der Waals surface area contributed by atoms with Gasteiger partial charge < -0.3 is 4.90 Å². The summed E-state index contributed by atoms with van der Waals surface area (Å²) in [4.78, 5) is 0.866. The van der Waals surface area contributed by atoms with Crippen LogP contribution in [0.5, 0.6) is 0 Å². The number of hydrogen-bond donors (Lipinski definition) is 0. The summed E-state index contributed by atoms with van der Waals surface area (Å²) in [5.74, 6) is 0. The van der Waals surface area contributed by atoms with Crippen LogP contribution in [0.2, 0.25) is 0 Å². The molecule has 0 N–H and O–H groups in total. The molecule has 1 heteroatoms. The molecule has 0 heterocycles. The number of rotatable bonds is 8. The zero-order chi connectivity index (χ0) is 51.0. The Kier molecular flexibility index (Phi) is 6.53. The first-order chi connectivity index (χ1) is 35.3. The summed E-state index contributed by atoms with van der Waals surface area (Å²) in [6.45, 7) is 0. The van der Waals surface area contributed by atoms with Crippen molar-refractivity contribution in [3.05, 3.63) is 248 Å². The van der Waals surface area contributed by atoms with E-state index in [4.69, 9.17) is 0 Å². The van der Waals surface area contributed by atoms with Crippen molar-refractivity contribution in [2.75, 3.05) is 4.90 Å². The van der Waals surface area contributed by atoms with Gasteiger partial charge in [-0.05, 0) is 124 Å². The van der Waals surface area contributed by atoms with Gasteiger partial charge in [0.15, 0.2) is 0 Å². The summed E-state index contributed by atoms with van der Waals surface area (Å²) in [6.07, 6.45) is 0. The highest BCUT2D eigenvalue weighted by Crippen LogP contribution is 2.42. The lowest BCUT2D eigenvalue weighted by Gasteiger charge is -2.26. The van der Waals surface area contributed by atoms with Gasteiger partial charge in [-0.2, -0.15) is 0 Å². The lowest BCUT2D eigenvalue weighted by Crippen LogP contribution is -2.09. The van der Waals surface area contributed by atoms with E-state index in [1.807, 2.05) is 140 Å². The van der Waals surface area contributed by atoms with Gasteiger partial charge in [-0.15, -0.1) is 0 Å². The molecule has 1 nitrogen and oxygen atoms in total. The van der Waals surface area contributed by atoms with Gasteiger partial charge in [0.2, 0.25) is 0 Å². The zero-order valence-electron chi connectivity index (χ0n) is 44.7. The fraction of sp³-hybridized carbons (Fsp3) is 0. The highest BCUT2D eigenvalue weighted by atomic mass is 15.1. The lowest BCUT2D eigenvalue weighted by atomic mass is 9.90. The van der Waals surface area contributed by atoms with Gasteiger partial charge in [0.1, 0.15) is 0 Å². The maximum Gasteiger partial charge on any atom is 0.0645 e. The highest BCUT2D eigenvalue weighted by Gasteiger charge is 2.17. The molecule has 11 aromatic carbocycles. The molecule has 11 rings (SSSR count). The molecule has 0 aliphatic carbocycles. The first-order valence-electron chi connectivity index (χ1n) is 26.0. The molecular formula is C60H41N. The third-order valence-corrected chi connectivity index (χ3v) is 11.1. The minimum atomic E-state index is -0.678. The van der Waals surface area contributed by atoms with Crippen LogP contribution in [-0.4, -0.2) is 0 Å². The Labute approximate surface area is 373 Å². The Morgan fingerprint density at radius 2 is 0.656 bits per heavy atom. The molecule has 0 spiro atoms. The van der Waals surface area contributed by atoms with E-state index < -0.39 is 89.6 Å². The molecule has 286 valence electrons. The molecule has 0 aliphatic rings. The van der Waals surface area contributed by atoms with E-state index in [9.17, 15) is 16.4 Å². The molecule has 0 radical (unpaired) electrons. The fourth-order valence-corrected chi connectivity index (χ4v) is 8.13. The summed E-state index contributed by atoms with van der Waals surface area (Å²) in [7, 11) is 0. The van der Waals surface area contributed by atoms with E-state index in [-0.39, 0.29) is 16.7 Å². The fourth-order valence-electron chi connectivity index (χ4n) is 8.13. The van der Waals surface area contributed by atoms with E-state index in [2.05, 4.69) is 0 Å². The molecule has 11 aromatic rings. The smallest absolute Gasteiger partial charge is 0.0645 e. The van der Waals surface area contributed by atoms with Gasteiger partial charge in [-0.1, -0.05) is 212 Å². The molecule has 0 aromatic heterocycles. The van der Waals surface area contributed by atoms with Gasteiger partial charge in [0, 0.05) is 17.1 Å². The van der Waals surface area contributed by atoms with Crippen LogP contribution >= 0.6 is 0 Å². The molecule has 0 aliphatic heterocycles. The lowest BCUT2D eigenvalue weighted by molar-refractivity contribution is 1.28. The van der Waals surface area contributed by atoms with Crippen molar-refractivity contribution in [1.29, 1.82) is 0 Å². The topological polar surface area (TPSA) is 3.24 Å². The Balaban J connectivity index is 1.16. The number of fused-ring (bicyclic) bond motifs is 3. The Hall–Kier alpha value is -8.00. The van der Waals surface area contributed by atoms with Crippen molar-refractivity contribution in [2.45, 2.75) is 0 Å². The average molecular weight is 788 g/mol. The van der Waals surface area contributed by atoms with Gasteiger partial charge in [0.05, 0.1) is 16.4 Å². The van der Waals surface area contributed by atoms with Crippen molar-refractivity contribution in [1.82, 2.24) is 0 Å². The second kappa shape index (κ2) is 15.6. The maximum absolute atomic E-state index is 9.81. The van der Waals surface area contributed by atoms with E-state index in [1.165, 1.54) is 0 Å². The van der Waals surface area contributed by atoms with Gasteiger partial charge in [-0.25, -0.2) is 0 Å². The SMILES string of the molecule is [2H]c1c([2H])c(N(c2c([2H])c([2H])c(-c3ccc4ccccc4c3-c3ccccc3)c([2H])c2[2H])c2c([2H])c([2H])c(-c3cccc4ccccc34)c([2H])c2[2H])c([2H])c([2H])c1-c1ccc(-c2cccc3ccccc23)cc1. The van der Waals surface area contributed by atoms with E-state index >= 15 is 0 Å². The van der Waals surface area contributed by atoms with Crippen molar-refractivity contribution >= 4 is 49.4 Å². The van der Waals surface area contributed by atoms with Crippen LogP contribution in [-0.2, 0) is 0 Å². The molecular weight excluding hydrogens is 735 g/mol. The number of nitrogens with zero attached hydrogens (tertiary/aromatic N) is 1. The second-order valence-electron chi connectivity index (χ2n) is 14.7. The second-order valence-corrected chi connectivity index (χ2v) is 14.7. The first-order valence-corrected chi connectivity index (χ1v) is 20.0. The molecule has 0 fully saturated rings. The van der Waals surface area contributed by atoms with Crippen LogP contribution < -0.4 is 4.90 Å². The van der Waals surface area contributed by atoms with Crippen LogP contribution in [0.4, 0.5) is 17.1 Å². The monoisotopic (exact) mass is 787 g/mol. The van der Waals surface area contributed by atoms with Crippen LogP contribution in [0.15, 0.2) is 248 Å².